The van der Waals surface area contributed by atoms with Crippen molar-refractivity contribution in [3.05, 3.63) is 58.9 Å². The average molecular weight is 374 g/mol. The second-order valence-electron chi connectivity index (χ2n) is 5.48. The van der Waals surface area contributed by atoms with Crippen LogP contribution in [0.4, 0.5) is 14.5 Å². The predicted molar refractivity (Wildman–Crippen MR) is 93.6 cm³/mol. The number of carbonyl (C=O) groups is 2. The zero-order valence-electron chi connectivity index (χ0n) is 14.0. The number of aromatic nitrogens is 1. The van der Waals surface area contributed by atoms with Gasteiger partial charge in [-0.3, -0.25) is 9.59 Å². The van der Waals surface area contributed by atoms with E-state index in [-0.39, 0.29) is 35.6 Å². The molecule has 140 valence electrons. The summed E-state index contributed by atoms with van der Waals surface area (Å²) in [5.41, 5.74) is 4.67. The number of benzene rings is 1. The quantitative estimate of drug-likeness (QED) is 0.548. The molecule has 2 rings (SSSR count). The van der Waals surface area contributed by atoms with Crippen LogP contribution >= 0.6 is 0 Å². The Bertz CT molecular complexity index is 912. The first-order valence-corrected chi connectivity index (χ1v) is 7.74. The molecule has 0 spiro atoms. The van der Waals surface area contributed by atoms with Crippen molar-refractivity contribution in [1.82, 2.24) is 15.6 Å². The van der Waals surface area contributed by atoms with Crippen molar-refractivity contribution >= 4 is 17.5 Å². The van der Waals surface area contributed by atoms with E-state index in [1.54, 1.807) is 0 Å². The fraction of sp³-hybridized carbons (Fsp3) is 0.167. The first kappa shape index (κ1) is 19.8. The molecule has 0 bridgehead atoms. The summed E-state index contributed by atoms with van der Waals surface area (Å²) in [6.07, 6.45) is 4.79. The SMILES string of the molecule is C#Cc1cccc(C(=O)NC[C@H](O)CNC(=O)c2cc(N)c(F)cn2)c1F. The molecule has 0 saturated heterocycles. The summed E-state index contributed by atoms with van der Waals surface area (Å²) in [4.78, 5) is 27.4. The molecule has 1 aromatic heterocycles. The Balaban J connectivity index is 1.86. The summed E-state index contributed by atoms with van der Waals surface area (Å²) >= 11 is 0. The monoisotopic (exact) mass is 374 g/mol. The minimum Gasteiger partial charge on any atom is -0.396 e. The van der Waals surface area contributed by atoms with Gasteiger partial charge >= 0.3 is 0 Å². The molecule has 1 atom stereocenters. The number of nitrogen functional groups attached to an aromatic ring is 1. The van der Waals surface area contributed by atoms with Crippen molar-refractivity contribution in [3.63, 3.8) is 0 Å². The van der Waals surface area contributed by atoms with Gasteiger partial charge in [0.2, 0.25) is 0 Å². The topological polar surface area (TPSA) is 117 Å². The van der Waals surface area contributed by atoms with Crippen LogP contribution in [0.15, 0.2) is 30.5 Å². The van der Waals surface area contributed by atoms with E-state index in [1.807, 2.05) is 0 Å². The lowest BCUT2D eigenvalue weighted by Gasteiger charge is -2.13. The van der Waals surface area contributed by atoms with Crippen molar-refractivity contribution in [1.29, 1.82) is 0 Å². The minimum atomic E-state index is -1.16. The van der Waals surface area contributed by atoms with Gasteiger partial charge in [-0.1, -0.05) is 12.0 Å². The van der Waals surface area contributed by atoms with Crippen LogP contribution in [0.1, 0.15) is 26.4 Å². The molecule has 1 heterocycles. The summed E-state index contributed by atoms with van der Waals surface area (Å²) in [6.45, 7) is -0.483. The second-order valence-corrected chi connectivity index (χ2v) is 5.48. The first-order chi connectivity index (χ1) is 12.8. The van der Waals surface area contributed by atoms with Gasteiger partial charge in [0, 0.05) is 13.1 Å². The number of carbonyl (C=O) groups excluding carboxylic acids is 2. The van der Waals surface area contributed by atoms with Crippen LogP contribution in [0.2, 0.25) is 0 Å². The van der Waals surface area contributed by atoms with Gasteiger partial charge < -0.3 is 21.5 Å². The van der Waals surface area contributed by atoms with Crippen molar-refractivity contribution in [2.45, 2.75) is 6.10 Å². The lowest BCUT2D eigenvalue weighted by atomic mass is 10.1. The van der Waals surface area contributed by atoms with Crippen molar-refractivity contribution in [2.24, 2.45) is 0 Å². The number of nitrogens with one attached hydrogen (secondary N) is 2. The van der Waals surface area contributed by atoms with Crippen LogP contribution in [-0.2, 0) is 0 Å². The van der Waals surface area contributed by atoms with Crippen molar-refractivity contribution < 1.29 is 23.5 Å². The highest BCUT2D eigenvalue weighted by Crippen LogP contribution is 2.12. The third-order valence-corrected chi connectivity index (χ3v) is 3.51. The molecule has 0 radical (unpaired) electrons. The van der Waals surface area contributed by atoms with Gasteiger partial charge in [0.05, 0.1) is 29.1 Å². The molecule has 9 heteroatoms. The highest BCUT2D eigenvalue weighted by Gasteiger charge is 2.16. The molecule has 0 aliphatic heterocycles. The number of hydrogen-bond donors (Lipinski definition) is 4. The van der Waals surface area contributed by atoms with E-state index in [9.17, 15) is 23.5 Å². The molecule has 0 saturated carbocycles. The molecule has 5 N–H and O–H groups in total. The Morgan fingerprint density at radius 2 is 1.93 bits per heavy atom. The fourth-order valence-electron chi connectivity index (χ4n) is 2.08. The highest BCUT2D eigenvalue weighted by atomic mass is 19.1. The number of nitrogens with zero attached hydrogens (tertiary/aromatic N) is 1. The maximum atomic E-state index is 14.0. The molecule has 2 amide bonds. The molecule has 7 nitrogen and oxygen atoms in total. The van der Waals surface area contributed by atoms with Crippen LogP contribution in [0, 0.1) is 24.0 Å². The van der Waals surface area contributed by atoms with Gasteiger partial charge in [-0.05, 0) is 18.2 Å². The van der Waals surface area contributed by atoms with Gasteiger partial charge in [0.1, 0.15) is 5.69 Å². The summed E-state index contributed by atoms with van der Waals surface area (Å²) in [5, 5.41) is 14.5. The lowest BCUT2D eigenvalue weighted by molar-refractivity contribution is 0.0880. The largest absolute Gasteiger partial charge is 0.396 e. The fourth-order valence-corrected chi connectivity index (χ4v) is 2.08. The molecular formula is C18H16F2N4O3. The van der Waals surface area contributed by atoms with Gasteiger partial charge in [-0.15, -0.1) is 6.42 Å². The number of anilines is 1. The zero-order valence-corrected chi connectivity index (χ0v) is 14.0. The number of aliphatic hydroxyl groups excluding tert-OH is 1. The molecule has 0 aliphatic rings. The summed E-state index contributed by atoms with van der Waals surface area (Å²) in [7, 11) is 0. The smallest absolute Gasteiger partial charge is 0.270 e. The Morgan fingerprint density at radius 3 is 2.56 bits per heavy atom. The number of hydrogen-bond acceptors (Lipinski definition) is 5. The van der Waals surface area contributed by atoms with E-state index in [1.165, 1.54) is 18.2 Å². The van der Waals surface area contributed by atoms with E-state index < -0.39 is 29.6 Å². The van der Waals surface area contributed by atoms with Crippen LogP contribution in [0.3, 0.4) is 0 Å². The maximum absolute atomic E-state index is 14.0. The molecular weight excluding hydrogens is 358 g/mol. The number of pyridine rings is 1. The number of terminal acetylenes is 1. The van der Waals surface area contributed by atoms with E-state index in [0.29, 0.717) is 0 Å². The standard InChI is InChI=1S/C18H16F2N4O3/c1-2-10-4-3-5-12(16(10)20)17(26)23-7-11(25)8-24-18(27)15-6-14(21)13(19)9-22-15/h1,3-6,9,11,25H,7-8H2,(H2,21,22)(H,23,26)(H,24,27)/t11-/m0/s1. The summed E-state index contributed by atoms with van der Waals surface area (Å²) < 4.78 is 27.0. The molecule has 0 unspecified atom stereocenters. The van der Waals surface area contributed by atoms with Gasteiger partial charge in [0.15, 0.2) is 11.6 Å². The number of halogens is 2. The molecule has 1 aromatic carbocycles. The third-order valence-electron chi connectivity index (χ3n) is 3.51. The first-order valence-electron chi connectivity index (χ1n) is 7.74. The summed E-state index contributed by atoms with van der Waals surface area (Å²) in [6, 6.07) is 5.10. The lowest BCUT2D eigenvalue weighted by Crippen LogP contribution is -2.40. The Labute approximate surface area is 153 Å². The Hall–Kier alpha value is -3.51. The van der Waals surface area contributed by atoms with Crippen LogP contribution < -0.4 is 16.4 Å². The third kappa shape index (κ3) is 4.99. The van der Waals surface area contributed by atoms with Gasteiger partial charge in [-0.25, -0.2) is 13.8 Å². The second kappa shape index (κ2) is 8.73. The average Bonchev–Trinajstić information content (AvgIpc) is 2.66. The molecule has 0 aliphatic carbocycles. The van der Waals surface area contributed by atoms with Gasteiger partial charge in [-0.2, -0.15) is 0 Å². The van der Waals surface area contributed by atoms with Crippen molar-refractivity contribution in [3.8, 4) is 12.3 Å². The van der Waals surface area contributed by atoms with E-state index >= 15 is 0 Å². The molecule has 27 heavy (non-hydrogen) atoms. The van der Waals surface area contributed by atoms with Crippen LogP contribution in [0.25, 0.3) is 0 Å². The van der Waals surface area contributed by atoms with Crippen molar-refractivity contribution in [2.75, 3.05) is 18.8 Å². The number of aliphatic hydroxyl groups is 1. The minimum absolute atomic E-state index is 0.0541. The number of amides is 2. The molecule has 0 fully saturated rings. The molecule has 2 aromatic rings. The van der Waals surface area contributed by atoms with E-state index in [2.05, 4.69) is 21.5 Å². The zero-order chi connectivity index (χ0) is 20.0. The number of nitrogens with two attached hydrogens (primary N) is 1. The Kier molecular flexibility index (Phi) is 6.41. The van der Waals surface area contributed by atoms with Crippen LogP contribution in [0.5, 0.6) is 0 Å². The normalized spacial score (nSPS) is 11.3. The van der Waals surface area contributed by atoms with Crippen LogP contribution in [-0.4, -0.2) is 41.1 Å². The maximum Gasteiger partial charge on any atom is 0.270 e. The van der Waals surface area contributed by atoms with Gasteiger partial charge in [0.25, 0.3) is 11.8 Å². The highest BCUT2D eigenvalue weighted by molar-refractivity contribution is 5.95. The summed E-state index contributed by atoms with van der Waals surface area (Å²) in [5.74, 6) is -0.908. The predicted octanol–water partition coefficient (Wildman–Crippen LogP) is 0.444. The Morgan fingerprint density at radius 1 is 1.26 bits per heavy atom. The van der Waals surface area contributed by atoms with E-state index in [0.717, 1.165) is 12.3 Å². The number of rotatable bonds is 6. The van der Waals surface area contributed by atoms with E-state index in [4.69, 9.17) is 12.2 Å².